The molecule has 2 aromatic heterocycles. The van der Waals surface area contributed by atoms with Gasteiger partial charge in [0.2, 0.25) is 0 Å². The van der Waals surface area contributed by atoms with Gasteiger partial charge in [-0.3, -0.25) is 14.2 Å². The summed E-state index contributed by atoms with van der Waals surface area (Å²) < 4.78 is 30.2. The number of nitrogens with zero attached hydrogens (tertiary/aromatic N) is 2. The molecule has 0 aliphatic heterocycles. The fourth-order valence-corrected chi connectivity index (χ4v) is 5.60. The summed E-state index contributed by atoms with van der Waals surface area (Å²) >= 11 is 2.77. The van der Waals surface area contributed by atoms with Crippen LogP contribution in [0.25, 0.3) is 10.2 Å². The Bertz CT molecular complexity index is 1120. The highest BCUT2D eigenvalue weighted by Gasteiger charge is 2.21. The fraction of sp³-hybridized carbons (Fsp3) is 0.350. The van der Waals surface area contributed by atoms with Crippen molar-refractivity contribution in [3.63, 3.8) is 0 Å². The number of benzene rings is 1. The highest BCUT2D eigenvalue weighted by molar-refractivity contribution is 7.99. The topological polar surface area (TPSA) is 61.2 Å². The number of hydrogen-bond acceptors (Lipinski definition) is 6. The molecular weight excluding hydrogens is 418 g/mol. The van der Waals surface area contributed by atoms with E-state index in [1.165, 1.54) is 45.5 Å². The van der Waals surface area contributed by atoms with E-state index in [0.29, 0.717) is 10.7 Å². The molecule has 29 heavy (non-hydrogen) atoms. The van der Waals surface area contributed by atoms with Crippen molar-refractivity contribution in [1.29, 1.82) is 0 Å². The molecule has 0 radical (unpaired) electrons. The van der Waals surface area contributed by atoms with Gasteiger partial charge in [0.05, 0.1) is 11.1 Å². The van der Waals surface area contributed by atoms with Crippen LogP contribution in [0.15, 0.2) is 34.2 Å². The van der Waals surface area contributed by atoms with Crippen molar-refractivity contribution in [1.82, 2.24) is 9.55 Å². The number of ketones is 1. The Labute approximate surface area is 173 Å². The Morgan fingerprint density at radius 1 is 1.28 bits per heavy atom. The van der Waals surface area contributed by atoms with Crippen LogP contribution in [-0.4, -0.2) is 27.7 Å². The summed E-state index contributed by atoms with van der Waals surface area (Å²) in [7, 11) is 1.67. The predicted octanol–water partition coefficient (Wildman–Crippen LogP) is 4.45. The smallest absolute Gasteiger partial charge is 0.387 e. The van der Waals surface area contributed by atoms with Crippen LogP contribution < -0.4 is 10.3 Å². The molecule has 0 unspecified atom stereocenters. The highest BCUT2D eigenvalue weighted by atomic mass is 32.2. The van der Waals surface area contributed by atoms with E-state index in [2.05, 4.69) is 9.72 Å². The number of carbonyl (C=O) groups excluding carboxylic acids is 1. The zero-order chi connectivity index (χ0) is 20.5. The van der Waals surface area contributed by atoms with Crippen molar-refractivity contribution < 1.29 is 18.3 Å². The Balaban J connectivity index is 1.53. The number of aryl methyl sites for hydroxylation is 2. The van der Waals surface area contributed by atoms with Crippen LogP contribution in [0, 0.1) is 0 Å². The number of thiophene rings is 1. The maximum atomic E-state index is 12.9. The van der Waals surface area contributed by atoms with E-state index < -0.39 is 6.61 Å². The van der Waals surface area contributed by atoms with E-state index in [9.17, 15) is 18.4 Å². The van der Waals surface area contributed by atoms with Gasteiger partial charge in [-0.05, 0) is 55.5 Å². The maximum absolute atomic E-state index is 12.9. The van der Waals surface area contributed by atoms with E-state index in [1.54, 1.807) is 18.4 Å². The molecule has 0 fully saturated rings. The number of halogens is 2. The van der Waals surface area contributed by atoms with Gasteiger partial charge in [-0.15, -0.1) is 11.3 Å². The molecule has 0 saturated carbocycles. The first-order chi connectivity index (χ1) is 13.9. The van der Waals surface area contributed by atoms with Gasteiger partial charge in [-0.1, -0.05) is 11.8 Å². The molecule has 0 saturated heterocycles. The molecule has 1 aliphatic rings. The van der Waals surface area contributed by atoms with Gasteiger partial charge in [-0.2, -0.15) is 8.78 Å². The Kier molecular flexibility index (Phi) is 5.69. The molecule has 1 aromatic carbocycles. The molecule has 4 rings (SSSR count). The normalized spacial score (nSPS) is 13.7. The lowest BCUT2D eigenvalue weighted by molar-refractivity contribution is -0.0498. The zero-order valence-electron chi connectivity index (χ0n) is 15.6. The van der Waals surface area contributed by atoms with Gasteiger partial charge in [0, 0.05) is 17.5 Å². The molecule has 9 heteroatoms. The van der Waals surface area contributed by atoms with Crippen LogP contribution in [0.2, 0.25) is 0 Å². The molecule has 5 nitrogen and oxygen atoms in total. The summed E-state index contributed by atoms with van der Waals surface area (Å²) in [4.78, 5) is 32.0. The monoisotopic (exact) mass is 436 g/mol. The van der Waals surface area contributed by atoms with Crippen molar-refractivity contribution in [2.45, 2.75) is 37.5 Å². The molecule has 0 amide bonds. The third kappa shape index (κ3) is 4.06. The SMILES string of the molecule is Cn1c(SCC(=O)c2ccc(OC(F)F)cc2)nc2sc3c(c2c1=O)CCCC3. The van der Waals surface area contributed by atoms with Gasteiger partial charge in [0.1, 0.15) is 10.6 Å². The van der Waals surface area contributed by atoms with Crippen LogP contribution in [0.1, 0.15) is 33.6 Å². The standard InChI is InChI=1S/C20H18F2N2O3S2/c1-24-18(26)16-13-4-2-3-5-15(13)29-17(16)23-20(24)28-10-14(25)11-6-8-12(9-7-11)27-19(21)22/h6-9,19H,2-5,10H2,1H3. The number of aromatic nitrogens is 2. The molecule has 0 N–H and O–H groups in total. The van der Waals surface area contributed by atoms with Crippen molar-refractivity contribution in [2.24, 2.45) is 7.05 Å². The quantitative estimate of drug-likeness (QED) is 0.325. The second kappa shape index (κ2) is 8.23. The number of ether oxygens (including phenoxy) is 1. The fourth-order valence-electron chi connectivity index (χ4n) is 3.43. The molecule has 0 bridgehead atoms. The van der Waals surface area contributed by atoms with Crippen LogP contribution in [-0.2, 0) is 19.9 Å². The van der Waals surface area contributed by atoms with Crippen LogP contribution in [0.5, 0.6) is 5.75 Å². The van der Waals surface area contributed by atoms with Gasteiger partial charge < -0.3 is 4.74 Å². The number of thioether (sulfide) groups is 1. The Morgan fingerprint density at radius 3 is 2.72 bits per heavy atom. The summed E-state index contributed by atoms with van der Waals surface area (Å²) in [6, 6.07) is 5.56. The zero-order valence-corrected chi connectivity index (χ0v) is 17.2. The van der Waals surface area contributed by atoms with E-state index in [1.807, 2.05) is 0 Å². The van der Waals surface area contributed by atoms with E-state index in [0.717, 1.165) is 41.5 Å². The van der Waals surface area contributed by atoms with Crippen LogP contribution >= 0.6 is 23.1 Å². The highest BCUT2D eigenvalue weighted by Crippen LogP contribution is 2.34. The lowest BCUT2D eigenvalue weighted by atomic mass is 9.97. The van der Waals surface area contributed by atoms with Gasteiger partial charge in [0.25, 0.3) is 5.56 Å². The Hall–Kier alpha value is -2.26. The predicted molar refractivity (Wildman–Crippen MR) is 110 cm³/mol. The number of alkyl halides is 2. The largest absolute Gasteiger partial charge is 0.435 e. The second-order valence-electron chi connectivity index (χ2n) is 6.76. The maximum Gasteiger partial charge on any atom is 0.387 e. The molecule has 152 valence electrons. The Morgan fingerprint density at radius 2 is 2.00 bits per heavy atom. The molecular formula is C20H18F2N2O3S2. The lowest BCUT2D eigenvalue weighted by Crippen LogP contribution is -2.21. The summed E-state index contributed by atoms with van der Waals surface area (Å²) in [5.74, 6) is -0.0925. The van der Waals surface area contributed by atoms with Gasteiger partial charge in [-0.25, -0.2) is 4.98 Å². The second-order valence-corrected chi connectivity index (χ2v) is 8.79. The molecule has 1 aliphatic carbocycles. The van der Waals surface area contributed by atoms with Gasteiger partial charge >= 0.3 is 6.61 Å². The van der Waals surface area contributed by atoms with E-state index in [-0.39, 0.29) is 22.8 Å². The minimum atomic E-state index is -2.91. The van der Waals surface area contributed by atoms with E-state index in [4.69, 9.17) is 0 Å². The van der Waals surface area contributed by atoms with Crippen molar-refractivity contribution >= 4 is 39.1 Å². The average molecular weight is 437 g/mol. The first-order valence-corrected chi connectivity index (χ1v) is 11.0. The molecule has 3 aromatic rings. The summed E-state index contributed by atoms with van der Waals surface area (Å²) in [6.45, 7) is -2.91. The third-order valence-electron chi connectivity index (χ3n) is 4.89. The summed E-state index contributed by atoms with van der Waals surface area (Å²) in [5.41, 5.74) is 1.46. The van der Waals surface area contributed by atoms with Crippen LogP contribution in [0.4, 0.5) is 8.78 Å². The first-order valence-electron chi connectivity index (χ1n) is 9.16. The van der Waals surface area contributed by atoms with Crippen molar-refractivity contribution in [3.8, 4) is 5.75 Å². The summed E-state index contributed by atoms with van der Waals surface area (Å²) in [6.07, 6.45) is 4.14. The van der Waals surface area contributed by atoms with Crippen molar-refractivity contribution in [2.75, 3.05) is 5.75 Å². The number of Topliss-reactive ketones (excluding diaryl/α,β-unsaturated/α-hetero) is 1. The van der Waals surface area contributed by atoms with Crippen molar-refractivity contribution in [3.05, 3.63) is 50.6 Å². The number of fused-ring (bicyclic) bond motifs is 3. The molecule has 0 spiro atoms. The van der Waals surface area contributed by atoms with Gasteiger partial charge in [0.15, 0.2) is 10.9 Å². The first kappa shape index (κ1) is 20.0. The lowest BCUT2D eigenvalue weighted by Gasteiger charge is -2.10. The third-order valence-corrected chi connectivity index (χ3v) is 7.10. The average Bonchev–Trinajstić information content (AvgIpc) is 3.08. The summed E-state index contributed by atoms with van der Waals surface area (Å²) in [5, 5.41) is 1.21. The minimum Gasteiger partial charge on any atom is -0.435 e. The number of hydrogen-bond donors (Lipinski definition) is 0. The molecule has 0 atom stereocenters. The minimum absolute atomic E-state index is 0.000352. The van der Waals surface area contributed by atoms with E-state index >= 15 is 0 Å². The van der Waals surface area contributed by atoms with Crippen LogP contribution in [0.3, 0.4) is 0 Å². The number of rotatable bonds is 6. The number of carbonyl (C=O) groups is 1. The molecule has 2 heterocycles.